The summed E-state index contributed by atoms with van der Waals surface area (Å²) in [4.78, 5) is 50.4. The van der Waals surface area contributed by atoms with Crippen molar-refractivity contribution in [2.24, 2.45) is 5.92 Å². The molecule has 9 nitrogen and oxygen atoms in total. The number of esters is 1. The third-order valence-electron chi connectivity index (χ3n) is 4.85. The van der Waals surface area contributed by atoms with Crippen molar-refractivity contribution in [1.82, 2.24) is 0 Å². The van der Waals surface area contributed by atoms with E-state index >= 15 is 0 Å². The highest BCUT2D eigenvalue weighted by molar-refractivity contribution is 6.20. The molecule has 0 aromatic heterocycles. The van der Waals surface area contributed by atoms with Crippen molar-refractivity contribution in [2.45, 2.75) is 38.9 Å². The summed E-state index contributed by atoms with van der Waals surface area (Å²) in [7, 11) is 0. The molecule has 2 atom stereocenters. The maximum absolute atomic E-state index is 13.3. The Morgan fingerprint density at radius 1 is 1.09 bits per heavy atom. The predicted molar refractivity (Wildman–Crippen MR) is 114 cm³/mol. The molecule has 2 unspecified atom stereocenters. The van der Waals surface area contributed by atoms with E-state index in [1.807, 2.05) is 0 Å². The normalized spacial score (nSPS) is 16.3. The summed E-state index contributed by atoms with van der Waals surface area (Å²) in [6, 6.07) is 15.2. The minimum Gasteiger partial charge on any atom is -0.460 e. The molecule has 1 aliphatic heterocycles. The van der Waals surface area contributed by atoms with Gasteiger partial charge < -0.3 is 9.47 Å². The Kier molecular flexibility index (Phi) is 6.57. The Bertz CT molecular complexity index is 1030. The molecular weight excluding hydrogens is 416 g/mol. The van der Waals surface area contributed by atoms with Gasteiger partial charge in [0.15, 0.2) is 0 Å². The standard InChI is InChI=1S/C23H24N2O7/c1-23(2,3)32-22(28)25-18-12-8-7-11-16(18)19(20(25)26)17(13-24(29)30)21(27)31-14-15-9-5-4-6-10-15/h4-12,17,19H,13-14H2,1-3H3. The van der Waals surface area contributed by atoms with Gasteiger partial charge in [-0.05, 0) is 38.0 Å². The van der Waals surface area contributed by atoms with Gasteiger partial charge in [-0.2, -0.15) is 0 Å². The van der Waals surface area contributed by atoms with Crippen LogP contribution in [0.15, 0.2) is 54.6 Å². The lowest BCUT2D eigenvalue weighted by Gasteiger charge is -2.24. The van der Waals surface area contributed by atoms with Crippen molar-refractivity contribution >= 4 is 23.7 Å². The van der Waals surface area contributed by atoms with Crippen LogP contribution in [-0.2, 0) is 25.7 Å². The van der Waals surface area contributed by atoms with Crippen LogP contribution < -0.4 is 4.90 Å². The molecule has 0 spiro atoms. The first-order valence-electron chi connectivity index (χ1n) is 10.1. The molecule has 0 saturated carbocycles. The molecule has 0 saturated heterocycles. The molecule has 0 aliphatic carbocycles. The Morgan fingerprint density at radius 2 is 1.72 bits per heavy atom. The van der Waals surface area contributed by atoms with E-state index in [4.69, 9.17) is 9.47 Å². The van der Waals surface area contributed by atoms with Gasteiger partial charge >= 0.3 is 12.1 Å². The van der Waals surface area contributed by atoms with Crippen molar-refractivity contribution in [1.29, 1.82) is 0 Å². The van der Waals surface area contributed by atoms with E-state index < -0.39 is 46.9 Å². The monoisotopic (exact) mass is 440 g/mol. The van der Waals surface area contributed by atoms with Crippen molar-refractivity contribution in [3.63, 3.8) is 0 Å². The van der Waals surface area contributed by atoms with E-state index in [9.17, 15) is 24.5 Å². The number of benzene rings is 2. The topological polar surface area (TPSA) is 116 Å². The molecule has 2 aromatic rings. The number of nitro groups is 1. The first kappa shape index (κ1) is 22.9. The quantitative estimate of drug-likeness (QED) is 0.382. The largest absolute Gasteiger partial charge is 0.460 e. The third-order valence-corrected chi connectivity index (χ3v) is 4.85. The number of imide groups is 1. The number of hydrogen-bond acceptors (Lipinski definition) is 7. The summed E-state index contributed by atoms with van der Waals surface area (Å²) in [6.07, 6.45) is -0.907. The molecule has 0 N–H and O–H groups in total. The van der Waals surface area contributed by atoms with Gasteiger partial charge in [0.1, 0.15) is 18.1 Å². The van der Waals surface area contributed by atoms with Crippen LogP contribution in [0.4, 0.5) is 10.5 Å². The molecule has 1 aliphatic rings. The van der Waals surface area contributed by atoms with Crippen LogP contribution in [0.1, 0.15) is 37.8 Å². The lowest BCUT2D eigenvalue weighted by Crippen LogP contribution is -2.42. The number of amides is 2. The van der Waals surface area contributed by atoms with Gasteiger partial charge in [-0.25, -0.2) is 9.69 Å². The molecule has 3 rings (SSSR count). The van der Waals surface area contributed by atoms with Crippen LogP contribution in [0.5, 0.6) is 0 Å². The minimum absolute atomic E-state index is 0.0910. The SMILES string of the molecule is CC(C)(C)OC(=O)N1C(=O)C(C(C[N+](=O)[O-])C(=O)OCc2ccccc2)c2ccccc21. The zero-order chi connectivity index (χ0) is 23.5. The van der Waals surface area contributed by atoms with Crippen LogP contribution >= 0.6 is 0 Å². The Balaban J connectivity index is 1.92. The van der Waals surface area contributed by atoms with Gasteiger partial charge in [-0.1, -0.05) is 48.5 Å². The minimum atomic E-state index is -1.41. The Hall–Kier alpha value is -3.75. The summed E-state index contributed by atoms with van der Waals surface area (Å²) in [5, 5.41) is 11.3. The third kappa shape index (κ3) is 5.11. The number of fused-ring (bicyclic) bond motifs is 1. The number of carbonyl (C=O) groups excluding carboxylic acids is 3. The molecule has 0 radical (unpaired) electrons. The number of para-hydroxylation sites is 1. The van der Waals surface area contributed by atoms with Crippen LogP contribution in [0.2, 0.25) is 0 Å². The zero-order valence-corrected chi connectivity index (χ0v) is 18.0. The van der Waals surface area contributed by atoms with Gasteiger partial charge in [0.05, 0.1) is 11.6 Å². The van der Waals surface area contributed by atoms with E-state index in [-0.39, 0.29) is 12.3 Å². The van der Waals surface area contributed by atoms with Gasteiger partial charge in [0.2, 0.25) is 12.5 Å². The first-order valence-corrected chi connectivity index (χ1v) is 10.1. The second kappa shape index (κ2) is 9.17. The van der Waals surface area contributed by atoms with Crippen LogP contribution in [-0.4, -0.2) is 35.0 Å². The zero-order valence-electron chi connectivity index (χ0n) is 18.0. The van der Waals surface area contributed by atoms with Crippen LogP contribution in [0.3, 0.4) is 0 Å². The van der Waals surface area contributed by atoms with E-state index in [2.05, 4.69) is 0 Å². The van der Waals surface area contributed by atoms with E-state index in [1.54, 1.807) is 69.3 Å². The van der Waals surface area contributed by atoms with Crippen LogP contribution in [0, 0.1) is 16.0 Å². The number of nitrogens with zero attached hydrogens (tertiary/aromatic N) is 2. The van der Waals surface area contributed by atoms with Crippen LogP contribution in [0.25, 0.3) is 0 Å². The molecular formula is C23H24N2O7. The maximum Gasteiger partial charge on any atom is 0.421 e. The summed E-state index contributed by atoms with van der Waals surface area (Å²) in [6.45, 7) is 4.06. The van der Waals surface area contributed by atoms with Gasteiger partial charge in [0, 0.05) is 4.92 Å². The number of carbonyl (C=O) groups is 3. The molecule has 0 fully saturated rings. The molecule has 9 heteroatoms. The van der Waals surface area contributed by atoms with Crippen molar-refractivity contribution < 1.29 is 28.8 Å². The number of ether oxygens (including phenoxy) is 2. The maximum atomic E-state index is 13.3. The lowest BCUT2D eigenvalue weighted by molar-refractivity contribution is -0.486. The highest BCUT2D eigenvalue weighted by atomic mass is 16.6. The van der Waals surface area contributed by atoms with E-state index in [0.29, 0.717) is 11.1 Å². The fourth-order valence-corrected chi connectivity index (χ4v) is 3.54. The smallest absolute Gasteiger partial charge is 0.421 e. The highest BCUT2D eigenvalue weighted by Crippen LogP contribution is 2.42. The number of rotatable bonds is 6. The average Bonchev–Trinajstić information content (AvgIpc) is 3.01. The van der Waals surface area contributed by atoms with Gasteiger partial charge in [-0.15, -0.1) is 0 Å². The summed E-state index contributed by atoms with van der Waals surface area (Å²) in [5.74, 6) is -4.30. The van der Waals surface area contributed by atoms with Crippen molar-refractivity contribution in [3.05, 3.63) is 75.8 Å². The van der Waals surface area contributed by atoms with Crippen molar-refractivity contribution in [3.8, 4) is 0 Å². The second-order valence-electron chi connectivity index (χ2n) is 8.41. The molecule has 2 aromatic carbocycles. The molecule has 32 heavy (non-hydrogen) atoms. The number of anilines is 1. The predicted octanol–water partition coefficient (Wildman–Crippen LogP) is 3.69. The first-order chi connectivity index (χ1) is 15.1. The summed E-state index contributed by atoms with van der Waals surface area (Å²) < 4.78 is 10.7. The van der Waals surface area contributed by atoms with Gasteiger partial charge in [0.25, 0.3) is 0 Å². The average molecular weight is 440 g/mol. The van der Waals surface area contributed by atoms with Crippen molar-refractivity contribution in [2.75, 3.05) is 11.4 Å². The fourth-order valence-electron chi connectivity index (χ4n) is 3.54. The lowest BCUT2D eigenvalue weighted by atomic mass is 9.87. The second-order valence-corrected chi connectivity index (χ2v) is 8.41. The number of hydrogen-bond donors (Lipinski definition) is 0. The molecule has 0 bridgehead atoms. The Morgan fingerprint density at radius 3 is 2.34 bits per heavy atom. The highest BCUT2D eigenvalue weighted by Gasteiger charge is 2.50. The van der Waals surface area contributed by atoms with E-state index in [1.165, 1.54) is 6.07 Å². The van der Waals surface area contributed by atoms with Gasteiger partial charge in [-0.3, -0.25) is 19.7 Å². The van der Waals surface area contributed by atoms with E-state index in [0.717, 1.165) is 4.90 Å². The summed E-state index contributed by atoms with van der Waals surface area (Å²) in [5.41, 5.74) is 0.418. The molecule has 168 valence electrons. The summed E-state index contributed by atoms with van der Waals surface area (Å²) >= 11 is 0. The molecule has 2 amide bonds. The fraction of sp³-hybridized carbons (Fsp3) is 0.348. The molecule has 1 heterocycles. The Labute approximate surface area is 185 Å².